The quantitative estimate of drug-likeness (QED) is 0.806. The van der Waals surface area contributed by atoms with Crippen molar-refractivity contribution >= 4 is 27.5 Å². The fraction of sp³-hybridized carbons (Fsp3) is 0.125. The minimum absolute atomic E-state index is 0.0733. The standard InChI is InChI=1S/C16H13BrN2O/c1-19(15-8-4-13(11-18)5-9-15)16(20)14-6-2-12(10-17)3-7-14/h2-9H,10H2,1H3. The van der Waals surface area contributed by atoms with E-state index in [0.717, 1.165) is 16.6 Å². The van der Waals surface area contributed by atoms with Crippen LogP contribution in [0.1, 0.15) is 21.5 Å². The molecule has 100 valence electrons. The lowest BCUT2D eigenvalue weighted by molar-refractivity contribution is 0.0993. The Morgan fingerprint density at radius 1 is 1.15 bits per heavy atom. The van der Waals surface area contributed by atoms with Crippen molar-refractivity contribution in [1.29, 1.82) is 5.26 Å². The molecule has 20 heavy (non-hydrogen) atoms. The number of alkyl halides is 1. The monoisotopic (exact) mass is 328 g/mol. The number of anilines is 1. The molecule has 0 spiro atoms. The number of rotatable bonds is 3. The van der Waals surface area contributed by atoms with E-state index in [2.05, 4.69) is 22.0 Å². The average molecular weight is 329 g/mol. The van der Waals surface area contributed by atoms with Gasteiger partial charge in [0.1, 0.15) is 0 Å². The Morgan fingerprint density at radius 3 is 2.25 bits per heavy atom. The molecule has 2 aromatic carbocycles. The maximum Gasteiger partial charge on any atom is 0.258 e. The topological polar surface area (TPSA) is 44.1 Å². The zero-order chi connectivity index (χ0) is 14.5. The molecular formula is C16H13BrN2O. The molecule has 0 aliphatic carbocycles. The second-order valence-electron chi connectivity index (χ2n) is 4.35. The number of nitriles is 1. The van der Waals surface area contributed by atoms with Crippen molar-refractivity contribution in [3.8, 4) is 6.07 Å². The van der Waals surface area contributed by atoms with E-state index in [-0.39, 0.29) is 5.91 Å². The molecule has 0 saturated carbocycles. The van der Waals surface area contributed by atoms with Crippen LogP contribution < -0.4 is 4.90 Å². The first-order chi connectivity index (χ1) is 9.65. The van der Waals surface area contributed by atoms with Crippen molar-refractivity contribution in [2.24, 2.45) is 0 Å². The zero-order valence-corrected chi connectivity index (χ0v) is 12.6. The lowest BCUT2D eigenvalue weighted by Crippen LogP contribution is -2.26. The summed E-state index contributed by atoms with van der Waals surface area (Å²) in [5, 5.41) is 9.54. The third kappa shape index (κ3) is 3.06. The predicted octanol–water partition coefficient (Wildman–Crippen LogP) is 3.73. The molecule has 0 fully saturated rings. The van der Waals surface area contributed by atoms with Crippen LogP contribution in [-0.4, -0.2) is 13.0 Å². The van der Waals surface area contributed by atoms with Crippen LogP contribution in [0, 0.1) is 11.3 Å². The summed E-state index contributed by atoms with van der Waals surface area (Å²) in [6.45, 7) is 0. The van der Waals surface area contributed by atoms with Crippen LogP contribution in [0.15, 0.2) is 48.5 Å². The maximum absolute atomic E-state index is 12.3. The summed E-state index contributed by atoms with van der Waals surface area (Å²) in [6.07, 6.45) is 0. The number of hydrogen-bond acceptors (Lipinski definition) is 2. The van der Waals surface area contributed by atoms with Crippen LogP contribution in [-0.2, 0) is 5.33 Å². The molecule has 2 aromatic rings. The van der Waals surface area contributed by atoms with Gasteiger partial charge in [0.25, 0.3) is 5.91 Å². The summed E-state index contributed by atoms with van der Waals surface area (Å²) in [7, 11) is 1.72. The van der Waals surface area contributed by atoms with Gasteiger partial charge in [-0.3, -0.25) is 4.79 Å². The molecule has 0 aliphatic heterocycles. The lowest BCUT2D eigenvalue weighted by Gasteiger charge is -2.17. The molecule has 1 amide bonds. The molecule has 0 radical (unpaired) electrons. The van der Waals surface area contributed by atoms with Crippen molar-refractivity contribution in [2.75, 3.05) is 11.9 Å². The molecule has 0 unspecified atom stereocenters. The molecule has 0 atom stereocenters. The van der Waals surface area contributed by atoms with Crippen LogP contribution in [0.5, 0.6) is 0 Å². The minimum Gasteiger partial charge on any atom is -0.311 e. The number of carbonyl (C=O) groups is 1. The minimum atomic E-state index is -0.0733. The highest BCUT2D eigenvalue weighted by atomic mass is 79.9. The van der Waals surface area contributed by atoms with Gasteiger partial charge >= 0.3 is 0 Å². The zero-order valence-electron chi connectivity index (χ0n) is 11.0. The fourth-order valence-electron chi connectivity index (χ4n) is 1.81. The van der Waals surface area contributed by atoms with Gasteiger partial charge in [-0.05, 0) is 42.0 Å². The Morgan fingerprint density at radius 2 is 1.75 bits per heavy atom. The molecule has 0 aromatic heterocycles. The number of hydrogen-bond donors (Lipinski definition) is 0. The molecule has 0 N–H and O–H groups in total. The Kier molecular flexibility index (Phi) is 4.54. The largest absolute Gasteiger partial charge is 0.311 e. The van der Waals surface area contributed by atoms with E-state index in [1.165, 1.54) is 0 Å². The van der Waals surface area contributed by atoms with Crippen molar-refractivity contribution in [2.45, 2.75) is 5.33 Å². The summed E-state index contributed by atoms with van der Waals surface area (Å²) in [6, 6.07) is 16.5. The van der Waals surface area contributed by atoms with Gasteiger partial charge in [0.2, 0.25) is 0 Å². The van der Waals surface area contributed by atoms with E-state index < -0.39 is 0 Å². The molecule has 2 rings (SSSR count). The Hall–Kier alpha value is -2.12. The van der Waals surface area contributed by atoms with Gasteiger partial charge in [0.05, 0.1) is 11.6 Å². The maximum atomic E-state index is 12.3. The molecular weight excluding hydrogens is 316 g/mol. The van der Waals surface area contributed by atoms with E-state index in [4.69, 9.17) is 5.26 Å². The lowest BCUT2D eigenvalue weighted by atomic mass is 10.1. The van der Waals surface area contributed by atoms with Gasteiger partial charge in [-0.25, -0.2) is 0 Å². The second kappa shape index (κ2) is 6.36. The fourth-order valence-corrected chi connectivity index (χ4v) is 2.18. The van der Waals surface area contributed by atoms with Crippen LogP contribution >= 0.6 is 15.9 Å². The summed E-state index contributed by atoms with van der Waals surface area (Å²) in [5.74, 6) is -0.0733. The van der Waals surface area contributed by atoms with E-state index >= 15 is 0 Å². The highest BCUT2D eigenvalue weighted by Gasteiger charge is 2.13. The Bertz CT molecular complexity index is 642. The summed E-state index contributed by atoms with van der Waals surface area (Å²) in [4.78, 5) is 13.9. The molecule has 3 nitrogen and oxygen atoms in total. The predicted molar refractivity (Wildman–Crippen MR) is 83.0 cm³/mol. The third-order valence-corrected chi connectivity index (χ3v) is 3.69. The highest BCUT2D eigenvalue weighted by molar-refractivity contribution is 9.08. The van der Waals surface area contributed by atoms with Crippen LogP contribution in [0.2, 0.25) is 0 Å². The number of benzene rings is 2. The SMILES string of the molecule is CN(C(=O)c1ccc(CBr)cc1)c1ccc(C#N)cc1. The van der Waals surface area contributed by atoms with E-state index in [9.17, 15) is 4.79 Å². The molecule has 0 aliphatic rings. The highest BCUT2D eigenvalue weighted by Crippen LogP contribution is 2.17. The van der Waals surface area contributed by atoms with E-state index in [1.807, 2.05) is 24.3 Å². The average Bonchev–Trinajstić information content (AvgIpc) is 2.53. The van der Waals surface area contributed by atoms with Crippen molar-refractivity contribution in [1.82, 2.24) is 0 Å². The van der Waals surface area contributed by atoms with Crippen LogP contribution in [0.4, 0.5) is 5.69 Å². The Balaban J connectivity index is 2.20. The molecule has 0 bridgehead atoms. The van der Waals surface area contributed by atoms with Crippen molar-refractivity contribution in [3.05, 3.63) is 65.2 Å². The summed E-state index contributed by atoms with van der Waals surface area (Å²) >= 11 is 3.38. The number of amides is 1. The summed E-state index contributed by atoms with van der Waals surface area (Å²) in [5.41, 5.74) is 3.11. The normalized spacial score (nSPS) is 9.85. The van der Waals surface area contributed by atoms with Gasteiger partial charge in [-0.2, -0.15) is 5.26 Å². The number of halogens is 1. The Labute approximate surface area is 126 Å². The smallest absolute Gasteiger partial charge is 0.258 e. The van der Waals surface area contributed by atoms with Crippen molar-refractivity contribution < 1.29 is 4.79 Å². The summed E-state index contributed by atoms with van der Waals surface area (Å²) < 4.78 is 0. The molecule has 0 saturated heterocycles. The first kappa shape index (κ1) is 14.3. The van der Waals surface area contributed by atoms with Gasteiger partial charge in [-0.1, -0.05) is 28.1 Å². The van der Waals surface area contributed by atoms with Crippen molar-refractivity contribution in [3.63, 3.8) is 0 Å². The van der Waals surface area contributed by atoms with Gasteiger partial charge in [0.15, 0.2) is 0 Å². The number of nitrogens with zero attached hydrogens (tertiary/aromatic N) is 2. The van der Waals surface area contributed by atoms with E-state index in [0.29, 0.717) is 11.1 Å². The molecule has 4 heteroatoms. The first-order valence-corrected chi connectivity index (χ1v) is 7.21. The van der Waals surface area contributed by atoms with Crippen LogP contribution in [0.25, 0.3) is 0 Å². The van der Waals surface area contributed by atoms with Gasteiger partial charge in [-0.15, -0.1) is 0 Å². The molecule has 0 heterocycles. The van der Waals surface area contributed by atoms with Gasteiger partial charge < -0.3 is 4.90 Å². The first-order valence-electron chi connectivity index (χ1n) is 6.09. The number of carbonyl (C=O) groups excluding carboxylic acids is 1. The van der Waals surface area contributed by atoms with Crippen LogP contribution in [0.3, 0.4) is 0 Å². The third-order valence-electron chi connectivity index (χ3n) is 3.04. The van der Waals surface area contributed by atoms with E-state index in [1.54, 1.807) is 36.2 Å². The van der Waals surface area contributed by atoms with Gasteiger partial charge in [0, 0.05) is 23.6 Å². The second-order valence-corrected chi connectivity index (χ2v) is 4.91.